The molecule has 4 rings (SSSR count). The molecular formula is C21H23ClF3N5O4S. The van der Waals surface area contributed by atoms with Crippen LogP contribution in [0.2, 0.25) is 5.15 Å². The summed E-state index contributed by atoms with van der Waals surface area (Å²) in [6.07, 6.45) is -5.37. The summed E-state index contributed by atoms with van der Waals surface area (Å²) in [7, 11) is -2.09. The molecule has 35 heavy (non-hydrogen) atoms. The van der Waals surface area contributed by atoms with Gasteiger partial charge in [-0.15, -0.1) is 0 Å². The minimum Gasteiger partial charge on any atom is -0.443 e. The molecule has 3 heterocycles. The lowest BCUT2D eigenvalue weighted by Gasteiger charge is -2.35. The van der Waals surface area contributed by atoms with Gasteiger partial charge in [0.2, 0.25) is 10.0 Å². The van der Waals surface area contributed by atoms with Gasteiger partial charge < -0.3 is 15.0 Å². The molecule has 1 aromatic carbocycles. The third kappa shape index (κ3) is 5.47. The number of rotatable bonds is 6. The lowest BCUT2D eigenvalue weighted by Crippen LogP contribution is -2.49. The van der Waals surface area contributed by atoms with E-state index >= 15 is 0 Å². The third-order valence-corrected chi connectivity index (χ3v) is 7.87. The molecule has 1 unspecified atom stereocenters. The topological polar surface area (TPSA) is 95.1 Å². The van der Waals surface area contributed by atoms with Crippen LogP contribution in [-0.4, -0.2) is 76.2 Å². The van der Waals surface area contributed by atoms with E-state index in [2.05, 4.69) is 10.3 Å². The molecule has 0 radical (unpaired) electrons. The standard InChI is InChI=1S/C21H23ClF3N5O4S/c1-26-12-16-13-30(20(31)34-16)15-2-4-17(5-3-15)35(32,33)29-8-6-28(7-9-29)19-11-14(21(23,24)25)10-18(22)27-19/h2-5,10-11,16,26H,6-9,12-13H2,1H3. The molecule has 1 atom stereocenters. The zero-order valence-corrected chi connectivity index (χ0v) is 20.2. The summed E-state index contributed by atoms with van der Waals surface area (Å²) < 4.78 is 72.0. The zero-order valence-electron chi connectivity index (χ0n) is 18.6. The number of aromatic nitrogens is 1. The highest BCUT2D eigenvalue weighted by atomic mass is 35.5. The highest BCUT2D eigenvalue weighted by Crippen LogP contribution is 2.33. The Morgan fingerprint density at radius 3 is 2.40 bits per heavy atom. The second kappa shape index (κ2) is 9.80. The van der Waals surface area contributed by atoms with Crippen LogP contribution in [0.15, 0.2) is 41.3 Å². The van der Waals surface area contributed by atoms with E-state index < -0.39 is 27.9 Å². The molecule has 1 N–H and O–H groups in total. The van der Waals surface area contributed by atoms with Crippen molar-refractivity contribution in [3.63, 3.8) is 0 Å². The molecule has 0 bridgehead atoms. The lowest BCUT2D eigenvalue weighted by molar-refractivity contribution is -0.137. The Hall–Kier alpha value is -2.61. The number of likely N-dealkylation sites (N-methyl/N-ethyl adjacent to an activating group) is 1. The van der Waals surface area contributed by atoms with E-state index in [9.17, 15) is 26.4 Å². The number of pyridine rings is 1. The highest BCUT2D eigenvalue weighted by Gasteiger charge is 2.35. The number of ether oxygens (including phenoxy) is 1. The van der Waals surface area contributed by atoms with Gasteiger partial charge in [-0.25, -0.2) is 18.2 Å². The molecule has 2 fully saturated rings. The van der Waals surface area contributed by atoms with E-state index in [1.807, 2.05) is 0 Å². The second-order valence-corrected chi connectivity index (χ2v) is 10.4. The number of piperazine rings is 1. The molecule has 9 nitrogen and oxygen atoms in total. The first-order valence-corrected chi connectivity index (χ1v) is 12.5. The van der Waals surface area contributed by atoms with Crippen molar-refractivity contribution in [2.24, 2.45) is 0 Å². The first-order valence-electron chi connectivity index (χ1n) is 10.7. The number of anilines is 2. The average Bonchev–Trinajstić information content (AvgIpc) is 3.18. The predicted octanol–water partition coefficient (Wildman–Crippen LogP) is 2.81. The quantitative estimate of drug-likeness (QED) is 0.571. The summed E-state index contributed by atoms with van der Waals surface area (Å²) in [6, 6.07) is 7.58. The van der Waals surface area contributed by atoms with Crippen LogP contribution in [0.3, 0.4) is 0 Å². The molecule has 2 aliphatic rings. The van der Waals surface area contributed by atoms with Crippen LogP contribution >= 0.6 is 11.6 Å². The van der Waals surface area contributed by atoms with Crippen molar-refractivity contribution < 1.29 is 31.1 Å². The number of sulfonamides is 1. The van der Waals surface area contributed by atoms with Crippen LogP contribution in [0.5, 0.6) is 0 Å². The van der Waals surface area contributed by atoms with Gasteiger partial charge in [0, 0.05) is 38.4 Å². The number of benzene rings is 1. The molecule has 0 saturated carbocycles. The second-order valence-electron chi connectivity index (χ2n) is 8.09. The number of hydrogen-bond acceptors (Lipinski definition) is 7. The molecule has 2 aromatic rings. The van der Waals surface area contributed by atoms with E-state index in [-0.39, 0.29) is 48.1 Å². The summed E-state index contributed by atoms with van der Waals surface area (Å²) >= 11 is 5.77. The maximum atomic E-state index is 13.1. The van der Waals surface area contributed by atoms with Crippen LogP contribution < -0.4 is 15.1 Å². The predicted molar refractivity (Wildman–Crippen MR) is 123 cm³/mol. The van der Waals surface area contributed by atoms with Gasteiger partial charge in [-0.2, -0.15) is 17.5 Å². The van der Waals surface area contributed by atoms with E-state index in [1.165, 1.54) is 21.3 Å². The van der Waals surface area contributed by atoms with Crippen molar-refractivity contribution in [2.45, 2.75) is 17.2 Å². The monoisotopic (exact) mass is 533 g/mol. The van der Waals surface area contributed by atoms with E-state index in [0.29, 0.717) is 18.8 Å². The number of carbonyl (C=O) groups is 1. The number of cyclic esters (lactones) is 1. The molecule has 0 spiro atoms. The average molecular weight is 534 g/mol. The first kappa shape index (κ1) is 25.5. The summed E-state index contributed by atoms with van der Waals surface area (Å²) in [5, 5.41) is 2.65. The van der Waals surface area contributed by atoms with Gasteiger partial charge in [-0.3, -0.25) is 4.90 Å². The minimum atomic E-state index is -4.57. The van der Waals surface area contributed by atoms with Crippen LogP contribution in [0.4, 0.5) is 29.5 Å². The first-order chi connectivity index (χ1) is 16.5. The minimum absolute atomic E-state index is 0.0419. The van der Waals surface area contributed by atoms with Crippen LogP contribution in [-0.2, 0) is 20.9 Å². The number of halogens is 4. The molecule has 14 heteroatoms. The molecule has 2 saturated heterocycles. The van der Waals surface area contributed by atoms with E-state index in [4.69, 9.17) is 16.3 Å². The summed E-state index contributed by atoms with van der Waals surface area (Å²) in [5.41, 5.74) is -0.397. The van der Waals surface area contributed by atoms with Gasteiger partial charge in [0.15, 0.2) is 0 Å². The largest absolute Gasteiger partial charge is 0.443 e. The molecule has 2 aliphatic heterocycles. The van der Waals surface area contributed by atoms with Crippen molar-refractivity contribution >= 4 is 39.2 Å². The SMILES string of the molecule is CNCC1CN(c2ccc(S(=O)(=O)N3CCN(c4cc(C(F)(F)F)cc(Cl)n4)CC3)cc2)C(=O)O1. The smallest absolute Gasteiger partial charge is 0.416 e. The zero-order chi connectivity index (χ0) is 25.4. The Morgan fingerprint density at radius 2 is 1.80 bits per heavy atom. The van der Waals surface area contributed by atoms with Crippen molar-refractivity contribution in [3.05, 3.63) is 47.1 Å². The Bertz CT molecular complexity index is 1190. The molecular weight excluding hydrogens is 511 g/mol. The van der Waals surface area contributed by atoms with Crippen LogP contribution in [0.25, 0.3) is 0 Å². The fourth-order valence-electron chi connectivity index (χ4n) is 3.98. The summed E-state index contributed by atoms with van der Waals surface area (Å²) in [4.78, 5) is 19.1. The van der Waals surface area contributed by atoms with Crippen LogP contribution in [0.1, 0.15) is 5.56 Å². The van der Waals surface area contributed by atoms with Crippen LogP contribution in [0, 0.1) is 0 Å². The third-order valence-electron chi connectivity index (χ3n) is 5.76. The summed E-state index contributed by atoms with van der Waals surface area (Å²) in [6.45, 7) is 1.26. The van der Waals surface area contributed by atoms with Gasteiger partial charge in [0.05, 0.1) is 17.0 Å². The molecule has 0 aliphatic carbocycles. The van der Waals surface area contributed by atoms with Gasteiger partial charge in [0.25, 0.3) is 0 Å². The normalized spacial score (nSPS) is 19.8. The van der Waals surface area contributed by atoms with Gasteiger partial charge in [-0.1, -0.05) is 11.6 Å². The molecule has 1 amide bonds. The summed E-state index contributed by atoms with van der Waals surface area (Å²) in [5.74, 6) is 0.0419. The van der Waals surface area contributed by atoms with Crippen molar-refractivity contribution in [1.82, 2.24) is 14.6 Å². The fourth-order valence-corrected chi connectivity index (χ4v) is 5.61. The maximum Gasteiger partial charge on any atom is 0.416 e. The fraction of sp³-hybridized carbons (Fsp3) is 0.429. The Kier molecular flexibility index (Phi) is 7.13. The van der Waals surface area contributed by atoms with E-state index in [0.717, 1.165) is 12.1 Å². The number of nitrogens with one attached hydrogen (secondary N) is 1. The Morgan fingerprint density at radius 1 is 1.14 bits per heavy atom. The number of carbonyl (C=O) groups excluding carboxylic acids is 1. The number of alkyl halides is 3. The Balaban J connectivity index is 1.43. The van der Waals surface area contributed by atoms with Crippen molar-refractivity contribution in [3.8, 4) is 0 Å². The highest BCUT2D eigenvalue weighted by molar-refractivity contribution is 7.89. The molecule has 1 aromatic heterocycles. The van der Waals surface area contributed by atoms with Crippen molar-refractivity contribution in [1.29, 1.82) is 0 Å². The number of hydrogen-bond donors (Lipinski definition) is 1. The van der Waals surface area contributed by atoms with Gasteiger partial charge >= 0.3 is 12.3 Å². The Labute approximate surface area is 205 Å². The number of nitrogens with zero attached hydrogens (tertiary/aromatic N) is 4. The van der Waals surface area contributed by atoms with Crippen molar-refractivity contribution in [2.75, 3.05) is 56.1 Å². The maximum absolute atomic E-state index is 13.1. The van der Waals surface area contributed by atoms with Gasteiger partial charge in [0.1, 0.15) is 17.1 Å². The number of amides is 1. The lowest BCUT2D eigenvalue weighted by atomic mass is 10.2. The van der Waals surface area contributed by atoms with E-state index in [1.54, 1.807) is 24.1 Å². The van der Waals surface area contributed by atoms with Gasteiger partial charge in [-0.05, 0) is 43.4 Å². The molecule has 190 valence electrons.